The first kappa shape index (κ1) is 15.5. The SMILES string of the molecule is O=C1CC[C@@]2(O)[C@H]3C=C4C=CC(=O)C(O)=C4[C@@]2(CCN3CC2CC2)C1. The van der Waals surface area contributed by atoms with Crippen LogP contribution in [0.5, 0.6) is 0 Å². The lowest BCUT2D eigenvalue weighted by Crippen LogP contribution is -2.70. The number of carbonyl (C=O) groups is 2. The first-order valence-corrected chi connectivity index (χ1v) is 9.31. The van der Waals surface area contributed by atoms with Gasteiger partial charge >= 0.3 is 0 Å². The normalized spacial score (nSPS) is 40.7. The van der Waals surface area contributed by atoms with E-state index in [2.05, 4.69) is 4.90 Å². The lowest BCUT2D eigenvalue weighted by Gasteiger charge is -2.63. The van der Waals surface area contributed by atoms with Crippen LogP contribution in [-0.4, -0.2) is 51.4 Å². The summed E-state index contributed by atoms with van der Waals surface area (Å²) in [7, 11) is 0. The molecule has 1 aliphatic heterocycles. The Kier molecular flexibility index (Phi) is 3.06. The third kappa shape index (κ3) is 1.97. The number of hydrogen-bond acceptors (Lipinski definition) is 5. The third-order valence-corrected chi connectivity index (χ3v) is 7.00. The van der Waals surface area contributed by atoms with Crippen molar-refractivity contribution >= 4 is 11.6 Å². The molecule has 2 bridgehead atoms. The van der Waals surface area contributed by atoms with Crippen molar-refractivity contribution in [1.82, 2.24) is 4.90 Å². The molecular weight excluding hydrogens is 318 g/mol. The summed E-state index contributed by atoms with van der Waals surface area (Å²) in [5, 5.41) is 22.3. The highest BCUT2D eigenvalue weighted by molar-refractivity contribution is 6.06. The molecule has 0 unspecified atom stereocenters. The van der Waals surface area contributed by atoms with Crippen LogP contribution in [-0.2, 0) is 9.59 Å². The fourth-order valence-electron chi connectivity index (χ4n) is 5.57. The molecule has 0 spiro atoms. The number of aliphatic hydroxyl groups is 2. The Morgan fingerprint density at radius 1 is 1.20 bits per heavy atom. The van der Waals surface area contributed by atoms with Gasteiger partial charge in [0, 0.05) is 30.4 Å². The molecule has 25 heavy (non-hydrogen) atoms. The Balaban J connectivity index is 1.70. The maximum atomic E-state index is 12.3. The molecule has 0 aromatic heterocycles. The number of carbonyl (C=O) groups excluding carboxylic acids is 2. The van der Waals surface area contributed by atoms with Gasteiger partial charge in [-0.05, 0) is 49.8 Å². The first-order chi connectivity index (χ1) is 11.9. The topological polar surface area (TPSA) is 77.8 Å². The van der Waals surface area contributed by atoms with Crippen LogP contribution in [0.1, 0.15) is 38.5 Å². The molecule has 5 heteroatoms. The number of hydrogen-bond donors (Lipinski definition) is 2. The van der Waals surface area contributed by atoms with E-state index in [1.54, 1.807) is 6.08 Å². The number of piperidine rings is 1. The highest BCUT2D eigenvalue weighted by Crippen LogP contribution is 2.61. The molecule has 0 aromatic carbocycles. The van der Waals surface area contributed by atoms with Crippen molar-refractivity contribution in [2.24, 2.45) is 11.3 Å². The summed E-state index contributed by atoms with van der Waals surface area (Å²) in [6, 6.07) is -0.153. The minimum atomic E-state index is -1.09. The molecule has 0 amide bonds. The van der Waals surface area contributed by atoms with E-state index in [-0.39, 0.29) is 24.0 Å². The zero-order chi connectivity index (χ0) is 17.4. The van der Waals surface area contributed by atoms with Gasteiger partial charge in [-0.25, -0.2) is 0 Å². The molecule has 0 radical (unpaired) electrons. The van der Waals surface area contributed by atoms with Crippen LogP contribution in [0.3, 0.4) is 0 Å². The molecule has 3 atom stereocenters. The van der Waals surface area contributed by atoms with E-state index >= 15 is 0 Å². The average Bonchev–Trinajstić information content (AvgIpc) is 3.38. The molecule has 1 heterocycles. The first-order valence-electron chi connectivity index (χ1n) is 9.31. The van der Waals surface area contributed by atoms with E-state index in [4.69, 9.17) is 0 Å². The quantitative estimate of drug-likeness (QED) is 0.801. The summed E-state index contributed by atoms with van der Waals surface area (Å²) in [4.78, 5) is 26.8. The number of ketones is 2. The van der Waals surface area contributed by atoms with Crippen LogP contribution in [0.25, 0.3) is 0 Å². The molecule has 5 aliphatic rings. The molecule has 2 saturated carbocycles. The summed E-state index contributed by atoms with van der Waals surface area (Å²) in [5.41, 5.74) is -0.603. The smallest absolute Gasteiger partial charge is 0.220 e. The standard InChI is InChI=1S/C20H23NO4/c22-14-5-6-20(25)16-9-13-3-4-15(23)18(24)17(13)19(20,10-14)7-8-21(16)11-12-1-2-12/h3-4,9,12,16,24-25H,1-2,5-8,10-11H2/t16-,19-,20-/m1/s1. The fraction of sp³-hybridized carbons (Fsp3) is 0.600. The molecule has 4 aliphatic carbocycles. The number of nitrogens with zero attached hydrogens (tertiary/aromatic N) is 1. The summed E-state index contributed by atoms with van der Waals surface area (Å²) < 4.78 is 0. The Morgan fingerprint density at radius 2 is 2.00 bits per heavy atom. The van der Waals surface area contributed by atoms with Crippen LogP contribution >= 0.6 is 0 Å². The summed E-state index contributed by atoms with van der Waals surface area (Å²) in [6.45, 7) is 1.77. The second-order valence-corrected chi connectivity index (χ2v) is 8.40. The molecule has 0 aromatic rings. The van der Waals surface area contributed by atoms with Crippen molar-refractivity contribution < 1.29 is 19.8 Å². The van der Waals surface area contributed by atoms with Crippen LogP contribution in [0, 0.1) is 11.3 Å². The van der Waals surface area contributed by atoms with Gasteiger partial charge in [-0.1, -0.05) is 12.2 Å². The van der Waals surface area contributed by atoms with Gasteiger partial charge in [0.05, 0.1) is 11.6 Å². The van der Waals surface area contributed by atoms with Crippen LogP contribution in [0.15, 0.2) is 35.1 Å². The molecular formula is C20H23NO4. The second-order valence-electron chi connectivity index (χ2n) is 8.40. The molecule has 3 fully saturated rings. The fourth-order valence-corrected chi connectivity index (χ4v) is 5.57. The van der Waals surface area contributed by atoms with Crippen LogP contribution in [0.2, 0.25) is 0 Å². The van der Waals surface area contributed by atoms with Gasteiger partial charge in [0.2, 0.25) is 5.78 Å². The molecule has 1 saturated heterocycles. The Labute approximate surface area is 146 Å². The zero-order valence-corrected chi connectivity index (χ0v) is 14.2. The van der Waals surface area contributed by atoms with E-state index in [1.807, 2.05) is 6.08 Å². The minimum absolute atomic E-state index is 0.114. The Bertz CT molecular complexity index is 775. The van der Waals surface area contributed by atoms with Gasteiger partial charge in [0.25, 0.3) is 0 Å². The van der Waals surface area contributed by atoms with Crippen molar-refractivity contribution in [3.05, 3.63) is 35.1 Å². The van der Waals surface area contributed by atoms with E-state index < -0.39 is 16.8 Å². The predicted octanol–water partition coefficient (Wildman–Crippen LogP) is 1.83. The molecule has 2 N–H and O–H groups in total. The van der Waals surface area contributed by atoms with Crippen molar-refractivity contribution in [3.63, 3.8) is 0 Å². The Hall–Kier alpha value is -1.72. The van der Waals surface area contributed by atoms with Gasteiger partial charge in [0.1, 0.15) is 5.78 Å². The summed E-state index contributed by atoms with van der Waals surface area (Å²) in [6.07, 6.45) is 9.24. The van der Waals surface area contributed by atoms with Gasteiger partial charge in [-0.2, -0.15) is 0 Å². The maximum Gasteiger partial charge on any atom is 0.220 e. The monoisotopic (exact) mass is 341 g/mol. The van der Waals surface area contributed by atoms with E-state index in [1.165, 1.54) is 18.9 Å². The Morgan fingerprint density at radius 3 is 2.76 bits per heavy atom. The van der Waals surface area contributed by atoms with Crippen molar-refractivity contribution in [2.75, 3.05) is 13.1 Å². The van der Waals surface area contributed by atoms with Crippen LogP contribution < -0.4 is 0 Å². The number of Topliss-reactive ketones (excluding diaryl/α,β-unsaturated/α-hetero) is 1. The second kappa shape index (κ2) is 4.92. The lowest BCUT2D eigenvalue weighted by molar-refractivity contribution is -0.176. The van der Waals surface area contributed by atoms with Crippen molar-refractivity contribution in [3.8, 4) is 0 Å². The van der Waals surface area contributed by atoms with Gasteiger partial charge in [0.15, 0.2) is 5.76 Å². The van der Waals surface area contributed by atoms with Crippen LogP contribution in [0.4, 0.5) is 0 Å². The number of fused-ring (bicyclic) bond motifs is 1. The average molecular weight is 341 g/mol. The van der Waals surface area contributed by atoms with E-state index in [0.717, 1.165) is 18.7 Å². The zero-order valence-electron chi connectivity index (χ0n) is 14.2. The lowest BCUT2D eigenvalue weighted by atomic mass is 9.49. The van der Waals surface area contributed by atoms with Gasteiger partial charge in [-0.3, -0.25) is 14.5 Å². The predicted molar refractivity (Wildman–Crippen MR) is 90.8 cm³/mol. The number of likely N-dealkylation sites (tertiary alicyclic amines) is 1. The number of allylic oxidation sites excluding steroid dienone is 3. The van der Waals surface area contributed by atoms with Crippen molar-refractivity contribution in [1.29, 1.82) is 0 Å². The maximum absolute atomic E-state index is 12.3. The van der Waals surface area contributed by atoms with Gasteiger partial charge in [-0.15, -0.1) is 0 Å². The third-order valence-electron chi connectivity index (χ3n) is 7.00. The van der Waals surface area contributed by atoms with E-state index in [0.29, 0.717) is 30.8 Å². The molecule has 5 rings (SSSR count). The summed E-state index contributed by atoms with van der Waals surface area (Å²) >= 11 is 0. The summed E-state index contributed by atoms with van der Waals surface area (Å²) in [5.74, 6) is 0.118. The highest BCUT2D eigenvalue weighted by Gasteiger charge is 2.66. The van der Waals surface area contributed by atoms with Gasteiger partial charge < -0.3 is 10.2 Å². The molecule has 5 nitrogen and oxygen atoms in total. The van der Waals surface area contributed by atoms with E-state index in [9.17, 15) is 19.8 Å². The molecule has 132 valence electrons. The highest BCUT2D eigenvalue weighted by atomic mass is 16.3. The number of aliphatic hydroxyl groups excluding tert-OH is 1. The van der Waals surface area contributed by atoms with Crippen molar-refractivity contribution in [2.45, 2.75) is 50.2 Å². The minimum Gasteiger partial charge on any atom is -0.504 e. The largest absolute Gasteiger partial charge is 0.504 e. The number of rotatable bonds is 2.